The number of para-hydroxylation sites is 1. The molecule has 1 heterocycles. The first-order chi connectivity index (χ1) is 11.3. The van der Waals surface area contributed by atoms with Gasteiger partial charge in [-0.05, 0) is 12.1 Å². The molecule has 0 spiro atoms. The monoisotopic (exact) mass is 300 g/mol. The number of hydrazone groups is 1. The molecule has 3 heteroatoms. The molecule has 1 aliphatic rings. The lowest BCUT2D eigenvalue weighted by atomic mass is 9.95. The Morgan fingerprint density at radius 1 is 0.739 bits per heavy atom. The van der Waals surface area contributed by atoms with Gasteiger partial charge in [0.2, 0.25) is 0 Å². The number of fused-ring (bicyclic) bond motifs is 1. The number of rotatable bonds is 2. The van der Waals surface area contributed by atoms with Crippen LogP contribution in [-0.2, 0) is 0 Å². The first kappa shape index (κ1) is 13.7. The van der Waals surface area contributed by atoms with Crippen LogP contribution in [-0.4, -0.2) is 10.8 Å². The molecule has 112 valence electrons. The van der Waals surface area contributed by atoms with Gasteiger partial charge in [0.1, 0.15) is 0 Å². The second-order valence-corrected chi connectivity index (χ2v) is 5.46. The predicted octanol–water partition coefficient (Wildman–Crippen LogP) is 3.95. The Labute approximate surface area is 135 Å². The average Bonchev–Trinajstić information content (AvgIpc) is 2.64. The molecule has 0 saturated heterocycles. The fourth-order valence-electron chi connectivity index (χ4n) is 2.87. The van der Waals surface area contributed by atoms with Gasteiger partial charge >= 0.3 is 0 Å². The van der Waals surface area contributed by atoms with Crippen LogP contribution in [0, 0.1) is 0 Å². The van der Waals surface area contributed by atoms with E-state index in [1.54, 1.807) is 5.01 Å². The van der Waals surface area contributed by atoms with Crippen molar-refractivity contribution in [2.75, 3.05) is 5.01 Å². The van der Waals surface area contributed by atoms with E-state index in [0.29, 0.717) is 0 Å². The highest BCUT2D eigenvalue weighted by molar-refractivity contribution is 6.14. The lowest BCUT2D eigenvalue weighted by molar-refractivity contribution is 0.170. The fraction of sp³-hybridized carbons (Fsp3) is 0.0500. The van der Waals surface area contributed by atoms with Crippen LogP contribution in [0.4, 0.5) is 5.69 Å². The van der Waals surface area contributed by atoms with E-state index >= 15 is 0 Å². The molecule has 1 aliphatic heterocycles. The third-order valence-corrected chi connectivity index (χ3v) is 4.00. The second kappa shape index (κ2) is 5.71. The van der Waals surface area contributed by atoms with Crippen LogP contribution in [0.2, 0.25) is 0 Å². The van der Waals surface area contributed by atoms with Crippen LogP contribution in [0.1, 0.15) is 22.9 Å². The van der Waals surface area contributed by atoms with Crippen LogP contribution in [0.15, 0.2) is 90.0 Å². The molecule has 0 aliphatic carbocycles. The highest BCUT2D eigenvalue weighted by Gasteiger charge is 2.28. The average molecular weight is 300 g/mol. The number of aliphatic hydroxyl groups is 1. The first-order valence-electron chi connectivity index (χ1n) is 7.60. The van der Waals surface area contributed by atoms with Crippen molar-refractivity contribution in [3.05, 3.63) is 102 Å². The second-order valence-electron chi connectivity index (χ2n) is 5.46. The van der Waals surface area contributed by atoms with E-state index in [0.717, 1.165) is 28.1 Å². The zero-order chi connectivity index (χ0) is 15.6. The normalized spacial score (nSPS) is 16.7. The van der Waals surface area contributed by atoms with Crippen molar-refractivity contribution < 1.29 is 5.11 Å². The van der Waals surface area contributed by atoms with Crippen LogP contribution in [0.5, 0.6) is 0 Å². The Hall–Kier alpha value is -2.91. The molecule has 3 nitrogen and oxygen atoms in total. The van der Waals surface area contributed by atoms with E-state index < -0.39 is 6.23 Å². The largest absolute Gasteiger partial charge is 0.368 e. The zero-order valence-corrected chi connectivity index (χ0v) is 12.5. The number of nitrogens with zero attached hydrogens (tertiary/aromatic N) is 2. The van der Waals surface area contributed by atoms with E-state index in [9.17, 15) is 5.11 Å². The Balaban J connectivity index is 1.91. The lowest BCUT2D eigenvalue weighted by Crippen LogP contribution is -2.31. The maximum Gasteiger partial charge on any atom is 0.174 e. The molecule has 0 bridgehead atoms. The van der Waals surface area contributed by atoms with Crippen molar-refractivity contribution in [3.8, 4) is 0 Å². The number of hydrogen-bond acceptors (Lipinski definition) is 3. The zero-order valence-electron chi connectivity index (χ0n) is 12.5. The van der Waals surface area contributed by atoms with Crippen LogP contribution in [0.25, 0.3) is 0 Å². The fourth-order valence-corrected chi connectivity index (χ4v) is 2.87. The van der Waals surface area contributed by atoms with Gasteiger partial charge in [-0.15, -0.1) is 0 Å². The molecule has 1 N–H and O–H groups in total. The van der Waals surface area contributed by atoms with Gasteiger partial charge in [-0.1, -0.05) is 72.8 Å². The maximum atomic E-state index is 10.8. The minimum atomic E-state index is -0.791. The van der Waals surface area contributed by atoms with Crippen molar-refractivity contribution >= 4 is 11.4 Å². The van der Waals surface area contributed by atoms with Gasteiger partial charge in [0.25, 0.3) is 0 Å². The summed E-state index contributed by atoms with van der Waals surface area (Å²) in [6.45, 7) is 0. The Morgan fingerprint density at radius 3 is 2.09 bits per heavy atom. The van der Waals surface area contributed by atoms with Gasteiger partial charge in [-0.2, -0.15) is 5.10 Å². The number of benzene rings is 3. The summed E-state index contributed by atoms with van der Waals surface area (Å²) in [7, 11) is 0. The van der Waals surface area contributed by atoms with Gasteiger partial charge in [0.15, 0.2) is 6.23 Å². The standard InChI is InChI=1S/C20H16N2O/c23-20-18-14-8-7-13-17(18)19(15-9-3-1-4-10-15)21-22(20)16-11-5-2-6-12-16/h1-14,20,23H. The van der Waals surface area contributed by atoms with Gasteiger partial charge < -0.3 is 5.11 Å². The smallest absolute Gasteiger partial charge is 0.174 e. The molecular formula is C20H16N2O. The molecule has 0 amide bonds. The summed E-state index contributed by atoms with van der Waals surface area (Å²) in [6, 6.07) is 27.7. The molecule has 0 aromatic heterocycles. The summed E-state index contributed by atoms with van der Waals surface area (Å²) in [6.07, 6.45) is -0.791. The van der Waals surface area contributed by atoms with E-state index in [-0.39, 0.29) is 0 Å². The highest BCUT2D eigenvalue weighted by Crippen LogP contribution is 2.33. The summed E-state index contributed by atoms with van der Waals surface area (Å²) in [5.74, 6) is 0. The van der Waals surface area contributed by atoms with Crippen molar-refractivity contribution in [2.45, 2.75) is 6.23 Å². The summed E-state index contributed by atoms with van der Waals surface area (Å²) >= 11 is 0. The quantitative estimate of drug-likeness (QED) is 0.778. The van der Waals surface area contributed by atoms with Crippen molar-refractivity contribution in [1.29, 1.82) is 0 Å². The van der Waals surface area contributed by atoms with Crippen LogP contribution >= 0.6 is 0 Å². The number of hydrogen-bond donors (Lipinski definition) is 1. The Morgan fingerprint density at radius 2 is 1.35 bits per heavy atom. The maximum absolute atomic E-state index is 10.8. The number of aliphatic hydroxyl groups excluding tert-OH is 1. The minimum Gasteiger partial charge on any atom is -0.368 e. The molecule has 0 saturated carbocycles. The molecule has 1 unspecified atom stereocenters. The molecule has 0 radical (unpaired) electrons. The van der Waals surface area contributed by atoms with Gasteiger partial charge in [-0.3, -0.25) is 0 Å². The Kier molecular flexibility index (Phi) is 3.41. The summed E-state index contributed by atoms with van der Waals surface area (Å²) < 4.78 is 0. The molecule has 1 atom stereocenters. The summed E-state index contributed by atoms with van der Waals surface area (Å²) in [4.78, 5) is 0. The predicted molar refractivity (Wildman–Crippen MR) is 92.4 cm³/mol. The summed E-state index contributed by atoms with van der Waals surface area (Å²) in [5.41, 5.74) is 4.61. The van der Waals surface area contributed by atoms with Crippen molar-refractivity contribution in [1.82, 2.24) is 0 Å². The molecule has 4 rings (SSSR count). The summed E-state index contributed by atoms with van der Waals surface area (Å²) in [5, 5.41) is 17.2. The van der Waals surface area contributed by atoms with Gasteiger partial charge in [0.05, 0.1) is 11.4 Å². The lowest BCUT2D eigenvalue weighted by Gasteiger charge is -2.32. The third-order valence-electron chi connectivity index (χ3n) is 4.00. The van der Waals surface area contributed by atoms with E-state index in [2.05, 4.69) is 0 Å². The van der Waals surface area contributed by atoms with Crippen molar-refractivity contribution in [3.63, 3.8) is 0 Å². The molecule has 23 heavy (non-hydrogen) atoms. The third kappa shape index (κ3) is 2.41. The molecule has 3 aromatic rings. The molecule has 3 aromatic carbocycles. The molecule has 0 fully saturated rings. The van der Waals surface area contributed by atoms with E-state index in [1.807, 2.05) is 84.9 Å². The van der Waals surface area contributed by atoms with Gasteiger partial charge in [0, 0.05) is 16.7 Å². The SMILES string of the molecule is OC1c2ccccc2C(c2ccccc2)=NN1c1ccccc1. The molecular weight excluding hydrogens is 284 g/mol. The first-order valence-corrected chi connectivity index (χ1v) is 7.60. The van der Waals surface area contributed by atoms with Gasteiger partial charge in [-0.25, -0.2) is 5.01 Å². The van der Waals surface area contributed by atoms with Crippen LogP contribution in [0.3, 0.4) is 0 Å². The van der Waals surface area contributed by atoms with E-state index in [4.69, 9.17) is 5.10 Å². The van der Waals surface area contributed by atoms with E-state index in [1.165, 1.54) is 0 Å². The van der Waals surface area contributed by atoms with Crippen molar-refractivity contribution in [2.24, 2.45) is 5.10 Å². The number of anilines is 1. The highest BCUT2D eigenvalue weighted by atomic mass is 16.3. The van der Waals surface area contributed by atoms with Crippen LogP contribution < -0.4 is 5.01 Å². The Bertz CT molecular complexity index is 844. The minimum absolute atomic E-state index is 0.791. The topological polar surface area (TPSA) is 35.8 Å².